The van der Waals surface area contributed by atoms with E-state index in [-0.39, 0.29) is 12.2 Å². The number of rotatable bonds is 5. The Labute approximate surface area is 104 Å². The van der Waals surface area contributed by atoms with Gasteiger partial charge in [-0.25, -0.2) is 0 Å². The van der Waals surface area contributed by atoms with E-state index >= 15 is 0 Å². The molecular weight excluding hydrogens is 244 g/mol. The molecule has 0 aliphatic rings. The summed E-state index contributed by atoms with van der Waals surface area (Å²) < 4.78 is 43.5. The lowest BCUT2D eigenvalue weighted by Gasteiger charge is -2.26. The third kappa shape index (κ3) is 4.09. The number of benzene rings is 1. The van der Waals surface area contributed by atoms with Crippen molar-refractivity contribution in [2.45, 2.75) is 26.1 Å². The van der Waals surface area contributed by atoms with Crippen LogP contribution in [0.4, 0.5) is 12.9 Å². The third-order valence-corrected chi connectivity index (χ3v) is 2.65. The summed E-state index contributed by atoms with van der Waals surface area (Å²) in [6.07, 6.45) is -0.652. The smallest absolute Gasteiger partial charge is 0.466 e. The molecule has 0 aromatic heterocycles. The Balaban J connectivity index is 2.92. The van der Waals surface area contributed by atoms with Crippen molar-refractivity contribution in [3.8, 4) is 0 Å². The van der Waals surface area contributed by atoms with Crippen LogP contribution in [-0.2, 0) is 9.53 Å². The normalized spacial score (nSPS) is 13.2. The van der Waals surface area contributed by atoms with Gasteiger partial charge in [0.25, 0.3) is 0 Å². The zero-order chi connectivity index (χ0) is 13.8. The van der Waals surface area contributed by atoms with Gasteiger partial charge in [0.15, 0.2) is 0 Å². The number of hydrogen-bond donors (Lipinski definition) is 0. The molecule has 0 aliphatic carbocycles. The van der Waals surface area contributed by atoms with E-state index in [1.807, 2.05) is 0 Å². The van der Waals surface area contributed by atoms with Crippen LogP contribution in [0.2, 0.25) is 0 Å². The average molecular weight is 259 g/mol. The van der Waals surface area contributed by atoms with E-state index in [9.17, 15) is 17.7 Å². The standard InChI is InChI=1S/C12H15BF3O2/c1-3-18-12(17)8-11(13(14,15)16)10-6-4-9(2)5-7-10/h4-7,11H,3,8H2,1-2H3/q-1. The Morgan fingerprint density at radius 1 is 1.28 bits per heavy atom. The van der Waals surface area contributed by atoms with Crippen molar-refractivity contribution in [2.24, 2.45) is 0 Å². The van der Waals surface area contributed by atoms with Crippen molar-refractivity contribution >= 4 is 12.9 Å². The highest BCUT2D eigenvalue weighted by Gasteiger charge is 2.37. The van der Waals surface area contributed by atoms with Crippen molar-refractivity contribution in [3.05, 3.63) is 35.4 Å². The first-order valence-corrected chi connectivity index (χ1v) is 5.76. The Bertz CT molecular complexity index is 401. The van der Waals surface area contributed by atoms with Crippen LogP contribution in [0, 0.1) is 6.92 Å². The molecule has 1 aromatic carbocycles. The second-order valence-electron chi connectivity index (χ2n) is 4.15. The van der Waals surface area contributed by atoms with Gasteiger partial charge in [-0.3, -0.25) is 4.79 Å². The van der Waals surface area contributed by atoms with Crippen LogP contribution in [0.5, 0.6) is 0 Å². The van der Waals surface area contributed by atoms with Crippen LogP contribution in [-0.4, -0.2) is 19.6 Å². The summed E-state index contributed by atoms with van der Waals surface area (Å²) in [5.74, 6) is -2.56. The van der Waals surface area contributed by atoms with Crippen LogP contribution >= 0.6 is 0 Å². The fourth-order valence-electron chi connectivity index (χ4n) is 1.68. The molecule has 2 nitrogen and oxygen atoms in total. The molecule has 100 valence electrons. The van der Waals surface area contributed by atoms with Crippen molar-refractivity contribution in [1.29, 1.82) is 0 Å². The molecule has 0 saturated carbocycles. The fraction of sp³-hybridized carbons (Fsp3) is 0.417. The molecular formula is C12H15BF3O2-. The Hall–Kier alpha value is -1.46. The van der Waals surface area contributed by atoms with Gasteiger partial charge in [-0.1, -0.05) is 35.4 Å². The van der Waals surface area contributed by atoms with Gasteiger partial charge < -0.3 is 17.7 Å². The second kappa shape index (κ2) is 5.93. The number of esters is 1. The molecule has 1 unspecified atom stereocenters. The minimum Gasteiger partial charge on any atom is -0.466 e. The molecule has 6 heteroatoms. The zero-order valence-electron chi connectivity index (χ0n) is 10.3. The topological polar surface area (TPSA) is 26.3 Å². The monoisotopic (exact) mass is 259 g/mol. The Kier molecular flexibility index (Phi) is 4.81. The number of ether oxygens (including phenoxy) is 1. The van der Waals surface area contributed by atoms with Crippen LogP contribution < -0.4 is 0 Å². The summed E-state index contributed by atoms with van der Waals surface area (Å²) in [6.45, 7) is -1.67. The molecule has 0 spiro atoms. The lowest BCUT2D eigenvalue weighted by atomic mass is 9.67. The minimum atomic E-state index is -5.12. The van der Waals surface area contributed by atoms with Gasteiger partial charge in [-0.2, -0.15) is 0 Å². The molecule has 0 amide bonds. The summed E-state index contributed by atoms with van der Waals surface area (Å²) in [6, 6.07) is 6.04. The van der Waals surface area contributed by atoms with Crippen LogP contribution in [0.3, 0.4) is 0 Å². The maximum atomic E-state index is 13.0. The highest BCUT2D eigenvalue weighted by Crippen LogP contribution is 2.33. The van der Waals surface area contributed by atoms with E-state index in [0.29, 0.717) is 0 Å². The van der Waals surface area contributed by atoms with Crippen molar-refractivity contribution in [1.82, 2.24) is 0 Å². The van der Waals surface area contributed by atoms with Gasteiger partial charge in [-0.15, -0.1) is 0 Å². The SMILES string of the molecule is CCOC(=O)CC(c1ccc(C)cc1)[B-](F)(F)F. The summed E-state index contributed by atoms with van der Waals surface area (Å²) in [5.41, 5.74) is 0.990. The number of aryl methyl sites for hydroxylation is 1. The minimum absolute atomic E-state index is 0.0876. The van der Waals surface area contributed by atoms with Gasteiger partial charge in [-0.05, 0) is 19.7 Å². The van der Waals surface area contributed by atoms with Crippen molar-refractivity contribution < 1.29 is 22.5 Å². The second-order valence-corrected chi connectivity index (χ2v) is 4.15. The van der Waals surface area contributed by atoms with Crippen molar-refractivity contribution in [3.63, 3.8) is 0 Å². The van der Waals surface area contributed by atoms with Crippen LogP contribution in [0.1, 0.15) is 30.3 Å². The number of carbonyl (C=O) groups excluding carboxylic acids is 1. The predicted octanol–water partition coefficient (Wildman–Crippen LogP) is 3.42. The maximum Gasteiger partial charge on any atom is 0.486 e. The van der Waals surface area contributed by atoms with E-state index in [1.54, 1.807) is 26.0 Å². The first-order chi connectivity index (χ1) is 8.34. The molecule has 1 atom stereocenters. The molecule has 0 heterocycles. The molecule has 18 heavy (non-hydrogen) atoms. The molecule has 1 aromatic rings. The fourth-order valence-corrected chi connectivity index (χ4v) is 1.68. The first kappa shape index (κ1) is 14.6. The van der Waals surface area contributed by atoms with Gasteiger partial charge >= 0.3 is 12.9 Å². The molecule has 0 fully saturated rings. The van der Waals surface area contributed by atoms with Crippen molar-refractivity contribution in [2.75, 3.05) is 6.61 Å². The largest absolute Gasteiger partial charge is 0.486 e. The number of halogens is 3. The van der Waals surface area contributed by atoms with Gasteiger partial charge in [0.2, 0.25) is 0 Å². The summed E-state index contributed by atoms with van der Waals surface area (Å²) in [7, 11) is 0. The molecule has 0 saturated heterocycles. The van der Waals surface area contributed by atoms with E-state index in [1.165, 1.54) is 12.1 Å². The molecule has 1 rings (SSSR count). The Morgan fingerprint density at radius 2 is 1.83 bits per heavy atom. The highest BCUT2D eigenvalue weighted by molar-refractivity contribution is 6.60. The van der Waals surface area contributed by atoms with Gasteiger partial charge in [0.1, 0.15) is 0 Å². The highest BCUT2D eigenvalue weighted by atomic mass is 19.4. The van der Waals surface area contributed by atoms with E-state index in [2.05, 4.69) is 4.74 Å². The lowest BCUT2D eigenvalue weighted by Crippen LogP contribution is -2.30. The molecule has 0 bridgehead atoms. The van der Waals surface area contributed by atoms with Gasteiger partial charge in [0.05, 0.1) is 6.61 Å². The predicted molar refractivity (Wildman–Crippen MR) is 64.2 cm³/mol. The quantitative estimate of drug-likeness (QED) is 0.598. The molecule has 0 aliphatic heterocycles. The summed E-state index contributed by atoms with van der Waals surface area (Å²) in [4.78, 5) is 11.2. The summed E-state index contributed by atoms with van der Waals surface area (Å²) in [5, 5.41) is 0. The zero-order valence-corrected chi connectivity index (χ0v) is 10.3. The van der Waals surface area contributed by atoms with Crippen LogP contribution in [0.15, 0.2) is 24.3 Å². The molecule has 0 N–H and O–H groups in total. The first-order valence-electron chi connectivity index (χ1n) is 5.76. The van der Waals surface area contributed by atoms with E-state index < -0.39 is 25.2 Å². The van der Waals surface area contributed by atoms with E-state index in [4.69, 9.17) is 0 Å². The number of carbonyl (C=O) groups is 1. The summed E-state index contributed by atoms with van der Waals surface area (Å²) >= 11 is 0. The third-order valence-electron chi connectivity index (χ3n) is 2.65. The lowest BCUT2D eigenvalue weighted by molar-refractivity contribution is -0.143. The Morgan fingerprint density at radius 3 is 2.28 bits per heavy atom. The van der Waals surface area contributed by atoms with Crippen LogP contribution in [0.25, 0.3) is 0 Å². The number of hydrogen-bond acceptors (Lipinski definition) is 2. The molecule has 0 radical (unpaired) electrons. The van der Waals surface area contributed by atoms with Gasteiger partial charge in [0, 0.05) is 6.42 Å². The van der Waals surface area contributed by atoms with E-state index in [0.717, 1.165) is 5.56 Å². The average Bonchev–Trinajstić information content (AvgIpc) is 2.26. The maximum absolute atomic E-state index is 13.0.